The molecule has 1 saturated carbocycles. The fourth-order valence-corrected chi connectivity index (χ4v) is 5.17. The molecule has 0 aliphatic heterocycles. The molecule has 4 rings (SSSR count). The Morgan fingerprint density at radius 1 is 1.03 bits per heavy atom. The van der Waals surface area contributed by atoms with E-state index in [2.05, 4.69) is 5.32 Å². The van der Waals surface area contributed by atoms with E-state index < -0.39 is 6.04 Å². The first-order valence-electron chi connectivity index (χ1n) is 11.7. The lowest BCUT2D eigenvalue weighted by Gasteiger charge is -2.32. The predicted molar refractivity (Wildman–Crippen MR) is 136 cm³/mol. The first-order chi connectivity index (χ1) is 16.4. The van der Waals surface area contributed by atoms with E-state index in [0.29, 0.717) is 11.3 Å². The quantitative estimate of drug-likeness (QED) is 0.430. The van der Waals surface area contributed by atoms with Crippen LogP contribution in [0.15, 0.2) is 66.0 Å². The van der Waals surface area contributed by atoms with Crippen LogP contribution in [0.2, 0.25) is 0 Å². The molecule has 1 atom stereocenters. The third kappa shape index (κ3) is 5.62. The highest BCUT2D eigenvalue weighted by molar-refractivity contribution is 7.10. The number of Topliss-reactive ketones (excluding diaryl/α,β-unsaturated/α-hetero) is 1. The third-order valence-electron chi connectivity index (χ3n) is 6.31. The summed E-state index contributed by atoms with van der Waals surface area (Å²) >= 11 is 1.51. The lowest BCUT2D eigenvalue weighted by molar-refractivity contribution is -0.127. The molecule has 1 N–H and O–H groups in total. The smallest absolute Gasteiger partial charge is 0.248 e. The molecule has 1 aromatic heterocycles. The first kappa shape index (κ1) is 23.9. The molecule has 2 amide bonds. The number of thiophene rings is 1. The van der Waals surface area contributed by atoms with Gasteiger partial charge in [-0.05, 0) is 55.8 Å². The number of hydrogen-bond donors (Lipinski definition) is 1. The summed E-state index contributed by atoms with van der Waals surface area (Å²) < 4.78 is 0. The minimum atomic E-state index is -0.837. The minimum Gasteiger partial charge on any atom is -0.351 e. The number of hydrogen-bond acceptors (Lipinski definition) is 4. The van der Waals surface area contributed by atoms with E-state index in [1.54, 1.807) is 29.2 Å². The lowest BCUT2D eigenvalue weighted by atomic mass is 10.00. The fraction of sp³-hybridized carbons (Fsp3) is 0.321. The lowest BCUT2D eigenvalue weighted by Crippen LogP contribution is -2.46. The fourth-order valence-electron chi connectivity index (χ4n) is 4.48. The van der Waals surface area contributed by atoms with E-state index in [1.165, 1.54) is 18.3 Å². The SMILES string of the molecule is CC(=O)c1cccc(N(C(=O)Cc2cccs2)[C@@H](C(=O)NC2CCCC2)c2ccc(C)cc2)c1. The Kier molecular flexibility index (Phi) is 7.58. The summed E-state index contributed by atoms with van der Waals surface area (Å²) in [7, 11) is 0. The molecule has 1 aliphatic rings. The number of rotatable bonds is 8. The minimum absolute atomic E-state index is 0.0881. The summed E-state index contributed by atoms with van der Waals surface area (Å²) in [6.45, 7) is 3.49. The molecule has 0 saturated heterocycles. The zero-order chi connectivity index (χ0) is 24.1. The van der Waals surface area contributed by atoms with Gasteiger partial charge in [-0.15, -0.1) is 11.3 Å². The van der Waals surface area contributed by atoms with Crippen LogP contribution in [0.1, 0.15) is 65.0 Å². The molecule has 1 heterocycles. The Bertz CT molecular complexity index is 1150. The maximum Gasteiger partial charge on any atom is 0.248 e. The van der Waals surface area contributed by atoms with Crippen LogP contribution in [0.3, 0.4) is 0 Å². The highest BCUT2D eigenvalue weighted by Crippen LogP contribution is 2.31. The van der Waals surface area contributed by atoms with E-state index in [4.69, 9.17) is 0 Å². The van der Waals surface area contributed by atoms with E-state index in [-0.39, 0.29) is 30.1 Å². The van der Waals surface area contributed by atoms with Crippen LogP contribution in [0, 0.1) is 6.92 Å². The molecule has 34 heavy (non-hydrogen) atoms. The van der Waals surface area contributed by atoms with Crippen LogP contribution in [0.5, 0.6) is 0 Å². The van der Waals surface area contributed by atoms with E-state index in [9.17, 15) is 14.4 Å². The van der Waals surface area contributed by atoms with Crippen molar-refractivity contribution >= 4 is 34.6 Å². The third-order valence-corrected chi connectivity index (χ3v) is 7.18. The summed E-state index contributed by atoms with van der Waals surface area (Å²) in [6.07, 6.45) is 4.29. The summed E-state index contributed by atoms with van der Waals surface area (Å²) in [6, 6.07) is 17.9. The van der Waals surface area contributed by atoms with Gasteiger partial charge < -0.3 is 5.32 Å². The molecule has 176 valence electrons. The van der Waals surface area contributed by atoms with Crippen LogP contribution in [0.25, 0.3) is 0 Å². The molecule has 5 nitrogen and oxygen atoms in total. The normalized spacial score (nSPS) is 14.5. The molecular formula is C28H30N2O3S. The largest absolute Gasteiger partial charge is 0.351 e. The highest BCUT2D eigenvalue weighted by atomic mass is 32.1. The van der Waals surface area contributed by atoms with Crippen LogP contribution in [-0.2, 0) is 16.0 Å². The van der Waals surface area contributed by atoms with Gasteiger partial charge in [0.25, 0.3) is 0 Å². The highest BCUT2D eigenvalue weighted by Gasteiger charge is 2.34. The van der Waals surface area contributed by atoms with Gasteiger partial charge in [0.05, 0.1) is 6.42 Å². The second-order valence-corrected chi connectivity index (χ2v) is 9.96. The number of benzene rings is 2. The Morgan fingerprint density at radius 3 is 2.41 bits per heavy atom. The van der Waals surface area contributed by atoms with Crippen molar-refractivity contribution in [3.63, 3.8) is 0 Å². The summed E-state index contributed by atoms with van der Waals surface area (Å²) in [5.74, 6) is -0.464. The van der Waals surface area contributed by atoms with Crippen molar-refractivity contribution in [3.05, 3.63) is 87.6 Å². The molecule has 1 fully saturated rings. The van der Waals surface area contributed by atoms with E-state index >= 15 is 0 Å². The first-order valence-corrected chi connectivity index (χ1v) is 12.6. The number of carbonyl (C=O) groups is 3. The van der Waals surface area contributed by atoms with Crippen molar-refractivity contribution in [2.45, 2.75) is 58.0 Å². The number of ketones is 1. The molecule has 0 radical (unpaired) electrons. The molecular weight excluding hydrogens is 444 g/mol. The van der Waals surface area contributed by atoms with Crippen molar-refractivity contribution < 1.29 is 14.4 Å². The number of anilines is 1. The number of amides is 2. The van der Waals surface area contributed by atoms with E-state index in [1.807, 2.05) is 48.7 Å². The molecule has 0 spiro atoms. The summed E-state index contributed by atoms with van der Waals surface area (Å²) in [5, 5.41) is 5.13. The van der Waals surface area contributed by atoms with Crippen molar-refractivity contribution in [2.24, 2.45) is 0 Å². The van der Waals surface area contributed by atoms with Gasteiger partial charge in [-0.2, -0.15) is 0 Å². The van der Waals surface area contributed by atoms with Gasteiger partial charge in [-0.3, -0.25) is 19.3 Å². The number of nitrogens with one attached hydrogen (secondary N) is 1. The van der Waals surface area contributed by atoms with Gasteiger partial charge in [-0.1, -0.05) is 60.9 Å². The standard InChI is InChI=1S/C28H30N2O3S/c1-19-12-14-21(15-13-19)27(28(33)29-23-8-3-4-9-23)30(26(32)18-25-11-6-16-34-25)24-10-5-7-22(17-24)20(2)31/h5-7,10-17,23,27H,3-4,8-9,18H2,1-2H3,(H,29,33)/t27-/m1/s1. The molecule has 3 aromatic rings. The van der Waals surface area contributed by atoms with Crippen molar-refractivity contribution in [1.29, 1.82) is 0 Å². The van der Waals surface area contributed by atoms with Gasteiger partial charge in [0, 0.05) is 22.2 Å². The van der Waals surface area contributed by atoms with Gasteiger partial charge in [0.15, 0.2) is 5.78 Å². The molecule has 1 aliphatic carbocycles. The van der Waals surface area contributed by atoms with Crippen LogP contribution in [-0.4, -0.2) is 23.6 Å². The monoisotopic (exact) mass is 474 g/mol. The molecule has 0 bridgehead atoms. The topological polar surface area (TPSA) is 66.5 Å². The Labute approximate surface area is 204 Å². The Hall–Kier alpha value is -3.25. The Morgan fingerprint density at radius 2 is 1.76 bits per heavy atom. The van der Waals surface area contributed by atoms with Crippen LogP contribution >= 0.6 is 11.3 Å². The summed E-state index contributed by atoms with van der Waals surface area (Å²) in [5.41, 5.74) is 2.87. The molecule has 0 unspecified atom stereocenters. The van der Waals surface area contributed by atoms with Crippen LogP contribution < -0.4 is 10.2 Å². The van der Waals surface area contributed by atoms with Crippen LogP contribution in [0.4, 0.5) is 5.69 Å². The average Bonchev–Trinajstić information content (AvgIpc) is 3.52. The van der Waals surface area contributed by atoms with Crippen molar-refractivity contribution in [2.75, 3.05) is 4.90 Å². The second-order valence-electron chi connectivity index (χ2n) is 8.93. The maximum absolute atomic E-state index is 13.8. The summed E-state index contributed by atoms with van der Waals surface area (Å²) in [4.78, 5) is 42.1. The van der Waals surface area contributed by atoms with Gasteiger partial charge in [-0.25, -0.2) is 0 Å². The molecule has 2 aromatic carbocycles. The number of aryl methyl sites for hydroxylation is 1. The van der Waals surface area contributed by atoms with Crippen molar-refractivity contribution in [3.8, 4) is 0 Å². The van der Waals surface area contributed by atoms with Gasteiger partial charge in [0.1, 0.15) is 6.04 Å². The zero-order valence-electron chi connectivity index (χ0n) is 19.6. The van der Waals surface area contributed by atoms with Gasteiger partial charge >= 0.3 is 0 Å². The number of nitrogens with zero attached hydrogens (tertiary/aromatic N) is 1. The number of carbonyl (C=O) groups excluding carboxylic acids is 3. The average molecular weight is 475 g/mol. The van der Waals surface area contributed by atoms with Crippen molar-refractivity contribution in [1.82, 2.24) is 5.32 Å². The Balaban J connectivity index is 1.79. The second kappa shape index (κ2) is 10.8. The van der Waals surface area contributed by atoms with Gasteiger partial charge in [0.2, 0.25) is 11.8 Å². The zero-order valence-corrected chi connectivity index (χ0v) is 20.4. The maximum atomic E-state index is 13.8. The molecule has 6 heteroatoms. The predicted octanol–water partition coefficient (Wildman–Crippen LogP) is 5.63. The van der Waals surface area contributed by atoms with E-state index in [0.717, 1.165) is 41.7 Å².